The zero-order valence-corrected chi connectivity index (χ0v) is 28.4. The molecule has 0 spiro atoms. The topological polar surface area (TPSA) is 78.9 Å². The molecule has 2 atom stereocenters. The molecular formula is C36H66O6. The second-order valence-corrected chi connectivity index (χ2v) is 13.4. The van der Waals surface area contributed by atoms with E-state index in [1.54, 1.807) is 0 Å². The van der Waals surface area contributed by atoms with Gasteiger partial charge in [-0.15, -0.1) is 0 Å². The standard InChI is InChI=1S/C14H26O2.C12H22O2.C10H18O2/c1-4-14(15)16-10-9-12-5-7-13(8-6-12)11(2)3;1-3-7-12(13)14-10(2)11-8-5-4-6-9-11;1-8(12-9(2)11)10-6-4-3-5-7-10/h11-13H,4-10H2,1-3H3;10-11H,3-9H2,1-2H3;8,10H,3-7H2,1-2H3. The molecule has 2 unspecified atom stereocenters. The van der Waals surface area contributed by atoms with Gasteiger partial charge in [0.1, 0.15) is 12.2 Å². The van der Waals surface area contributed by atoms with Crippen molar-refractivity contribution < 1.29 is 28.6 Å². The van der Waals surface area contributed by atoms with Gasteiger partial charge < -0.3 is 14.2 Å². The molecule has 3 saturated carbocycles. The molecule has 0 saturated heterocycles. The van der Waals surface area contributed by atoms with Gasteiger partial charge in [0.2, 0.25) is 0 Å². The summed E-state index contributed by atoms with van der Waals surface area (Å²) in [6, 6.07) is 0. The molecular weight excluding hydrogens is 528 g/mol. The highest BCUT2D eigenvalue weighted by Gasteiger charge is 2.24. The van der Waals surface area contributed by atoms with Gasteiger partial charge in [0.15, 0.2) is 0 Å². The van der Waals surface area contributed by atoms with E-state index in [-0.39, 0.29) is 30.1 Å². The Kier molecular flexibility index (Phi) is 20.9. The number of rotatable bonds is 11. The summed E-state index contributed by atoms with van der Waals surface area (Å²) in [5.74, 6) is 3.55. The number of ether oxygens (including phenoxy) is 3. The van der Waals surface area contributed by atoms with Crippen molar-refractivity contribution in [1.29, 1.82) is 0 Å². The number of esters is 3. The second kappa shape index (κ2) is 22.9. The third-order valence-corrected chi connectivity index (χ3v) is 9.66. The second-order valence-electron chi connectivity index (χ2n) is 13.4. The minimum Gasteiger partial charge on any atom is -0.466 e. The van der Waals surface area contributed by atoms with Crippen LogP contribution in [0.3, 0.4) is 0 Å². The molecule has 0 aromatic heterocycles. The summed E-state index contributed by atoms with van der Waals surface area (Å²) >= 11 is 0. The summed E-state index contributed by atoms with van der Waals surface area (Å²) < 4.78 is 15.7. The summed E-state index contributed by atoms with van der Waals surface area (Å²) in [6.45, 7) is 14.7. The predicted octanol–water partition coefficient (Wildman–Crippen LogP) is 9.61. The summed E-state index contributed by atoms with van der Waals surface area (Å²) in [7, 11) is 0. The van der Waals surface area contributed by atoms with Gasteiger partial charge in [0.05, 0.1) is 6.61 Å². The lowest BCUT2D eigenvalue weighted by Gasteiger charge is -2.30. The monoisotopic (exact) mass is 594 g/mol. The minimum atomic E-state index is -0.145. The molecule has 6 heteroatoms. The maximum Gasteiger partial charge on any atom is 0.306 e. The van der Waals surface area contributed by atoms with Crippen LogP contribution in [0.15, 0.2) is 0 Å². The fourth-order valence-electron chi connectivity index (χ4n) is 6.72. The lowest BCUT2D eigenvalue weighted by Crippen LogP contribution is -2.25. The molecule has 0 aliphatic heterocycles. The average Bonchev–Trinajstić information content (AvgIpc) is 2.98. The van der Waals surface area contributed by atoms with E-state index in [0.717, 1.165) is 30.6 Å². The first-order valence-electron chi connectivity index (χ1n) is 17.6. The minimum absolute atomic E-state index is 0.0226. The first-order chi connectivity index (χ1) is 20.1. The van der Waals surface area contributed by atoms with E-state index in [1.807, 2.05) is 27.7 Å². The maximum absolute atomic E-state index is 11.3. The molecule has 246 valence electrons. The molecule has 3 aliphatic rings. The zero-order chi connectivity index (χ0) is 31.3. The molecule has 0 heterocycles. The Labute approximate surface area is 258 Å². The maximum atomic E-state index is 11.3. The molecule has 0 aromatic carbocycles. The van der Waals surface area contributed by atoms with Gasteiger partial charge in [0, 0.05) is 19.8 Å². The Morgan fingerprint density at radius 1 is 0.643 bits per heavy atom. The number of hydrogen-bond donors (Lipinski definition) is 0. The van der Waals surface area contributed by atoms with E-state index in [1.165, 1.54) is 96.8 Å². The molecule has 3 fully saturated rings. The fourth-order valence-corrected chi connectivity index (χ4v) is 6.72. The normalized spacial score (nSPS) is 22.9. The summed E-state index contributed by atoms with van der Waals surface area (Å²) in [5, 5.41) is 0. The summed E-state index contributed by atoms with van der Waals surface area (Å²) in [4.78, 5) is 32.9. The van der Waals surface area contributed by atoms with Crippen LogP contribution in [0.5, 0.6) is 0 Å². The van der Waals surface area contributed by atoms with Gasteiger partial charge in [-0.3, -0.25) is 14.4 Å². The highest BCUT2D eigenvalue weighted by molar-refractivity contribution is 5.69. The Hall–Kier alpha value is -1.59. The first-order valence-corrected chi connectivity index (χ1v) is 17.6. The molecule has 0 amide bonds. The van der Waals surface area contributed by atoms with E-state index in [0.29, 0.717) is 31.3 Å². The van der Waals surface area contributed by atoms with E-state index >= 15 is 0 Å². The molecule has 3 rings (SSSR count). The first kappa shape index (κ1) is 38.4. The van der Waals surface area contributed by atoms with E-state index in [2.05, 4.69) is 13.8 Å². The van der Waals surface area contributed by atoms with Crippen molar-refractivity contribution in [2.75, 3.05) is 6.61 Å². The van der Waals surface area contributed by atoms with Crippen molar-refractivity contribution in [2.45, 2.75) is 176 Å². The summed E-state index contributed by atoms with van der Waals surface area (Å²) in [5.41, 5.74) is 0. The van der Waals surface area contributed by atoms with Crippen LogP contribution in [0.4, 0.5) is 0 Å². The van der Waals surface area contributed by atoms with Gasteiger partial charge in [-0.2, -0.15) is 0 Å². The van der Waals surface area contributed by atoms with Crippen LogP contribution in [-0.2, 0) is 28.6 Å². The van der Waals surface area contributed by atoms with Crippen LogP contribution in [0.2, 0.25) is 0 Å². The third kappa shape index (κ3) is 17.5. The van der Waals surface area contributed by atoms with Crippen LogP contribution in [0.25, 0.3) is 0 Å². The van der Waals surface area contributed by atoms with Gasteiger partial charge >= 0.3 is 17.9 Å². The highest BCUT2D eigenvalue weighted by Crippen LogP contribution is 2.34. The van der Waals surface area contributed by atoms with Crippen LogP contribution in [0, 0.1) is 29.6 Å². The van der Waals surface area contributed by atoms with Gasteiger partial charge in [-0.25, -0.2) is 0 Å². The smallest absolute Gasteiger partial charge is 0.306 e. The third-order valence-electron chi connectivity index (χ3n) is 9.66. The average molecular weight is 595 g/mol. The Morgan fingerprint density at radius 2 is 1.14 bits per heavy atom. The number of hydrogen-bond acceptors (Lipinski definition) is 6. The SMILES string of the molecule is CC(=O)OC(C)C1CCCCC1.CCC(=O)OCCC1CCC(C(C)C)CC1.CCCC(=O)OC(C)C1CCCCC1. The van der Waals surface area contributed by atoms with Gasteiger partial charge in [0.25, 0.3) is 0 Å². The van der Waals surface area contributed by atoms with Gasteiger partial charge in [-0.1, -0.05) is 79.1 Å². The predicted molar refractivity (Wildman–Crippen MR) is 171 cm³/mol. The molecule has 0 radical (unpaired) electrons. The zero-order valence-electron chi connectivity index (χ0n) is 28.4. The highest BCUT2D eigenvalue weighted by atomic mass is 16.5. The Morgan fingerprint density at radius 3 is 1.57 bits per heavy atom. The van der Waals surface area contributed by atoms with E-state index < -0.39 is 0 Å². The van der Waals surface area contributed by atoms with E-state index in [9.17, 15) is 14.4 Å². The van der Waals surface area contributed by atoms with Crippen molar-refractivity contribution in [2.24, 2.45) is 29.6 Å². The molecule has 0 bridgehead atoms. The van der Waals surface area contributed by atoms with Crippen molar-refractivity contribution in [3.63, 3.8) is 0 Å². The summed E-state index contributed by atoms with van der Waals surface area (Å²) in [6.07, 6.45) is 21.5. The van der Waals surface area contributed by atoms with E-state index in [4.69, 9.17) is 14.2 Å². The molecule has 6 nitrogen and oxygen atoms in total. The molecule has 0 aromatic rings. The number of carbonyl (C=O) groups is 3. The van der Waals surface area contributed by atoms with Crippen LogP contribution >= 0.6 is 0 Å². The van der Waals surface area contributed by atoms with Crippen molar-refractivity contribution in [1.82, 2.24) is 0 Å². The molecule has 3 aliphatic carbocycles. The lowest BCUT2D eigenvalue weighted by molar-refractivity contribution is -0.151. The molecule has 0 N–H and O–H groups in total. The molecule has 42 heavy (non-hydrogen) atoms. The Bertz CT molecular complexity index is 714. The Balaban J connectivity index is 0.000000318. The van der Waals surface area contributed by atoms with Gasteiger partial charge in [-0.05, 0) is 94.8 Å². The largest absolute Gasteiger partial charge is 0.466 e. The van der Waals surface area contributed by atoms with Crippen molar-refractivity contribution in [3.8, 4) is 0 Å². The fraction of sp³-hybridized carbons (Fsp3) is 0.917. The lowest BCUT2D eigenvalue weighted by atomic mass is 9.76. The van der Waals surface area contributed by atoms with Crippen LogP contribution in [0.1, 0.15) is 164 Å². The van der Waals surface area contributed by atoms with Crippen LogP contribution in [-0.4, -0.2) is 36.7 Å². The van der Waals surface area contributed by atoms with Crippen molar-refractivity contribution >= 4 is 17.9 Å². The van der Waals surface area contributed by atoms with Crippen LogP contribution < -0.4 is 0 Å². The van der Waals surface area contributed by atoms with Crippen molar-refractivity contribution in [3.05, 3.63) is 0 Å². The quantitative estimate of drug-likeness (QED) is 0.175. The number of carbonyl (C=O) groups excluding carboxylic acids is 3.